The second-order valence-corrected chi connectivity index (χ2v) is 3.68. The van der Waals surface area contributed by atoms with Crippen LogP contribution < -0.4 is 16.4 Å². The monoisotopic (exact) mass is 231 g/mol. The van der Waals surface area contributed by atoms with Gasteiger partial charge in [-0.3, -0.25) is 14.9 Å². The first kappa shape index (κ1) is 14.9. The van der Waals surface area contributed by atoms with Crippen LogP contribution in [0.3, 0.4) is 0 Å². The molecule has 0 aromatic heterocycles. The number of unbranched alkanes of at least 4 members (excludes halogenated alkanes) is 2. The lowest BCUT2D eigenvalue weighted by atomic mass is 10.2. The second-order valence-electron chi connectivity index (χ2n) is 3.68. The van der Waals surface area contributed by atoms with Gasteiger partial charge < -0.3 is 16.2 Å². The zero-order valence-electron chi connectivity index (χ0n) is 9.66. The minimum absolute atomic E-state index is 0.0948. The summed E-state index contributed by atoms with van der Waals surface area (Å²) in [4.78, 5) is 21.5. The largest absolute Gasteiger partial charge is 0.379 e. The molecular weight excluding hydrogens is 210 g/mol. The molecule has 16 heavy (non-hydrogen) atoms. The molecule has 0 heterocycles. The van der Waals surface area contributed by atoms with E-state index in [4.69, 9.17) is 10.8 Å². The van der Waals surface area contributed by atoms with Gasteiger partial charge >= 0.3 is 0 Å². The Bertz CT molecular complexity index is 219. The SMILES string of the molecule is C[C@H](O)NCCCCCC(=O)NCC(N)=O. The topological polar surface area (TPSA) is 104 Å². The lowest BCUT2D eigenvalue weighted by molar-refractivity contribution is -0.124. The van der Waals surface area contributed by atoms with Gasteiger partial charge in [0.2, 0.25) is 11.8 Å². The normalized spacial score (nSPS) is 12.1. The zero-order chi connectivity index (χ0) is 12.4. The first-order chi connectivity index (χ1) is 7.52. The molecule has 0 radical (unpaired) electrons. The Morgan fingerprint density at radius 3 is 2.56 bits per heavy atom. The summed E-state index contributed by atoms with van der Waals surface area (Å²) in [5, 5.41) is 14.2. The maximum atomic E-state index is 11.1. The number of rotatable bonds is 9. The fraction of sp³-hybridized carbons (Fsp3) is 0.800. The molecule has 0 saturated heterocycles. The van der Waals surface area contributed by atoms with Crippen molar-refractivity contribution in [1.82, 2.24) is 10.6 Å². The smallest absolute Gasteiger partial charge is 0.236 e. The average Bonchev–Trinajstić information content (AvgIpc) is 2.19. The minimum atomic E-state index is -0.533. The summed E-state index contributed by atoms with van der Waals surface area (Å²) in [5.74, 6) is -0.684. The first-order valence-corrected chi connectivity index (χ1v) is 5.49. The highest BCUT2D eigenvalue weighted by molar-refractivity contribution is 5.83. The Morgan fingerprint density at radius 1 is 1.31 bits per heavy atom. The van der Waals surface area contributed by atoms with E-state index in [9.17, 15) is 9.59 Å². The third kappa shape index (κ3) is 10.9. The molecule has 1 atom stereocenters. The number of primary amides is 1. The Hall–Kier alpha value is -1.14. The molecule has 0 saturated carbocycles. The highest BCUT2D eigenvalue weighted by Crippen LogP contribution is 1.98. The Balaban J connectivity index is 3.24. The predicted octanol–water partition coefficient (Wildman–Crippen LogP) is -0.924. The Kier molecular flexibility index (Phi) is 8.46. The summed E-state index contributed by atoms with van der Waals surface area (Å²) in [6, 6.07) is 0. The van der Waals surface area contributed by atoms with Crippen molar-refractivity contribution in [3.05, 3.63) is 0 Å². The molecule has 0 aliphatic rings. The Labute approximate surface area is 95.6 Å². The molecular formula is C10H21N3O3. The first-order valence-electron chi connectivity index (χ1n) is 5.49. The fourth-order valence-corrected chi connectivity index (χ4v) is 1.17. The van der Waals surface area contributed by atoms with Crippen molar-refractivity contribution in [2.45, 2.75) is 38.8 Å². The molecule has 94 valence electrons. The molecule has 5 N–H and O–H groups in total. The van der Waals surface area contributed by atoms with Gasteiger partial charge in [0.25, 0.3) is 0 Å². The van der Waals surface area contributed by atoms with Gasteiger partial charge in [0.15, 0.2) is 0 Å². The molecule has 0 bridgehead atoms. The van der Waals surface area contributed by atoms with Crippen LogP contribution in [0.1, 0.15) is 32.6 Å². The standard InChI is InChI=1S/C10H21N3O3/c1-8(14)12-6-4-2-3-5-10(16)13-7-9(11)15/h8,12,14H,2-7H2,1H3,(H2,11,15)(H,13,16)/t8-/m0/s1. The fourth-order valence-electron chi connectivity index (χ4n) is 1.17. The second kappa shape index (κ2) is 9.11. The molecule has 6 nitrogen and oxygen atoms in total. The predicted molar refractivity (Wildman–Crippen MR) is 60.4 cm³/mol. The van der Waals surface area contributed by atoms with Crippen molar-refractivity contribution in [3.8, 4) is 0 Å². The van der Waals surface area contributed by atoms with Crippen molar-refractivity contribution < 1.29 is 14.7 Å². The van der Waals surface area contributed by atoms with Crippen LogP contribution in [0.15, 0.2) is 0 Å². The van der Waals surface area contributed by atoms with Gasteiger partial charge in [-0.15, -0.1) is 0 Å². The minimum Gasteiger partial charge on any atom is -0.379 e. The number of hydrogen-bond acceptors (Lipinski definition) is 4. The molecule has 0 aliphatic carbocycles. The van der Waals surface area contributed by atoms with Crippen LogP contribution in [0.4, 0.5) is 0 Å². The number of nitrogens with two attached hydrogens (primary N) is 1. The number of nitrogens with one attached hydrogen (secondary N) is 2. The van der Waals surface area contributed by atoms with Gasteiger partial charge in [0.05, 0.1) is 6.54 Å². The summed E-state index contributed by atoms with van der Waals surface area (Å²) in [5.41, 5.74) is 4.88. The van der Waals surface area contributed by atoms with Crippen molar-refractivity contribution in [2.24, 2.45) is 5.73 Å². The number of carbonyl (C=O) groups is 2. The maximum Gasteiger partial charge on any atom is 0.236 e. The summed E-state index contributed by atoms with van der Waals surface area (Å²) in [7, 11) is 0. The maximum absolute atomic E-state index is 11.1. The number of aliphatic hydroxyl groups is 1. The number of hydrogen-bond donors (Lipinski definition) is 4. The van der Waals surface area contributed by atoms with E-state index in [1.165, 1.54) is 0 Å². The van der Waals surface area contributed by atoms with E-state index in [-0.39, 0.29) is 12.5 Å². The highest BCUT2D eigenvalue weighted by Gasteiger charge is 2.02. The number of aliphatic hydroxyl groups excluding tert-OH is 1. The molecule has 0 unspecified atom stereocenters. The van der Waals surface area contributed by atoms with Crippen molar-refractivity contribution in [2.75, 3.05) is 13.1 Å². The van der Waals surface area contributed by atoms with Crippen LogP contribution in [-0.2, 0) is 9.59 Å². The Morgan fingerprint density at radius 2 is 2.00 bits per heavy atom. The number of amides is 2. The molecule has 2 amide bonds. The van der Waals surface area contributed by atoms with E-state index in [1.807, 2.05) is 0 Å². The van der Waals surface area contributed by atoms with E-state index in [0.717, 1.165) is 25.8 Å². The van der Waals surface area contributed by atoms with Crippen LogP contribution in [0.2, 0.25) is 0 Å². The van der Waals surface area contributed by atoms with Crippen LogP contribution in [0, 0.1) is 0 Å². The molecule has 0 aliphatic heterocycles. The van der Waals surface area contributed by atoms with Gasteiger partial charge in [-0.2, -0.15) is 0 Å². The molecule has 6 heteroatoms. The van der Waals surface area contributed by atoms with Crippen molar-refractivity contribution >= 4 is 11.8 Å². The molecule has 0 fully saturated rings. The molecule has 0 aromatic rings. The van der Waals surface area contributed by atoms with Gasteiger partial charge in [-0.1, -0.05) is 6.42 Å². The van der Waals surface area contributed by atoms with E-state index >= 15 is 0 Å². The lowest BCUT2D eigenvalue weighted by Crippen LogP contribution is -2.33. The van der Waals surface area contributed by atoms with E-state index in [2.05, 4.69) is 10.6 Å². The summed E-state index contributed by atoms with van der Waals surface area (Å²) < 4.78 is 0. The number of carbonyl (C=O) groups excluding carboxylic acids is 2. The molecule has 0 rings (SSSR count). The quantitative estimate of drug-likeness (QED) is 0.304. The van der Waals surface area contributed by atoms with E-state index in [1.54, 1.807) is 6.92 Å². The highest BCUT2D eigenvalue weighted by atomic mass is 16.3. The van der Waals surface area contributed by atoms with Gasteiger partial charge in [0.1, 0.15) is 6.23 Å². The summed E-state index contributed by atoms with van der Waals surface area (Å²) in [6.45, 7) is 2.31. The average molecular weight is 231 g/mol. The van der Waals surface area contributed by atoms with E-state index in [0.29, 0.717) is 6.42 Å². The van der Waals surface area contributed by atoms with Gasteiger partial charge in [0, 0.05) is 6.42 Å². The van der Waals surface area contributed by atoms with Crippen LogP contribution in [-0.4, -0.2) is 36.2 Å². The van der Waals surface area contributed by atoms with Crippen LogP contribution in [0.5, 0.6) is 0 Å². The molecule has 0 spiro atoms. The van der Waals surface area contributed by atoms with E-state index < -0.39 is 12.1 Å². The van der Waals surface area contributed by atoms with Crippen LogP contribution in [0.25, 0.3) is 0 Å². The molecule has 0 aromatic carbocycles. The lowest BCUT2D eigenvalue weighted by Gasteiger charge is -2.06. The third-order valence-electron chi connectivity index (χ3n) is 1.98. The third-order valence-corrected chi connectivity index (χ3v) is 1.98. The summed E-state index contributed by atoms with van der Waals surface area (Å²) >= 11 is 0. The van der Waals surface area contributed by atoms with Gasteiger partial charge in [-0.05, 0) is 26.3 Å². The van der Waals surface area contributed by atoms with Crippen molar-refractivity contribution in [1.29, 1.82) is 0 Å². The van der Waals surface area contributed by atoms with Gasteiger partial charge in [-0.25, -0.2) is 0 Å². The zero-order valence-corrected chi connectivity index (χ0v) is 9.66. The van der Waals surface area contributed by atoms with Crippen molar-refractivity contribution in [3.63, 3.8) is 0 Å². The van der Waals surface area contributed by atoms with Crippen LogP contribution >= 0.6 is 0 Å². The summed E-state index contributed by atoms with van der Waals surface area (Å²) in [6.07, 6.45) is 2.50.